The van der Waals surface area contributed by atoms with E-state index < -0.39 is 29.2 Å². The minimum Gasteiger partial charge on any atom is -0.349 e. The van der Waals surface area contributed by atoms with Crippen LogP contribution in [0.1, 0.15) is 42.9 Å². The fourth-order valence-electron chi connectivity index (χ4n) is 2.92. The molecule has 0 saturated heterocycles. The molecule has 156 valence electrons. The molecule has 0 spiro atoms. The van der Waals surface area contributed by atoms with Crippen molar-refractivity contribution in [2.24, 2.45) is 0 Å². The average molecular weight is 447 g/mol. The van der Waals surface area contributed by atoms with Crippen LogP contribution in [-0.2, 0) is 4.79 Å². The van der Waals surface area contributed by atoms with Crippen LogP contribution in [-0.4, -0.2) is 26.9 Å². The predicted molar refractivity (Wildman–Crippen MR) is 115 cm³/mol. The molecule has 3 rings (SSSR count). The van der Waals surface area contributed by atoms with Gasteiger partial charge in [-0.25, -0.2) is 4.39 Å². The van der Waals surface area contributed by atoms with Gasteiger partial charge in [-0.3, -0.25) is 14.5 Å². The minimum absolute atomic E-state index is 0.0462. The van der Waals surface area contributed by atoms with Gasteiger partial charge in [0.2, 0.25) is 5.91 Å². The van der Waals surface area contributed by atoms with E-state index >= 15 is 0 Å². The fourth-order valence-corrected chi connectivity index (χ4v) is 3.54. The molecule has 0 radical (unpaired) electrons. The van der Waals surface area contributed by atoms with Crippen molar-refractivity contribution in [1.29, 1.82) is 0 Å². The quantitative estimate of drug-likeness (QED) is 0.619. The molecule has 2 amide bonds. The second kappa shape index (κ2) is 8.89. The number of nitrogens with zero attached hydrogens (tertiary/aromatic N) is 3. The van der Waals surface area contributed by atoms with Crippen molar-refractivity contribution in [2.75, 3.05) is 4.90 Å². The zero-order valence-electron chi connectivity index (χ0n) is 16.6. The van der Waals surface area contributed by atoms with Crippen LogP contribution in [0.3, 0.4) is 0 Å². The predicted octanol–water partition coefficient (Wildman–Crippen LogP) is 4.63. The van der Waals surface area contributed by atoms with E-state index in [4.69, 9.17) is 11.6 Å². The molecule has 2 aromatic carbocycles. The van der Waals surface area contributed by atoms with Crippen LogP contribution >= 0.6 is 23.1 Å². The summed E-state index contributed by atoms with van der Waals surface area (Å²) in [4.78, 5) is 27.9. The first-order valence-corrected chi connectivity index (χ1v) is 10.3. The summed E-state index contributed by atoms with van der Waals surface area (Å²) in [7, 11) is 0. The summed E-state index contributed by atoms with van der Waals surface area (Å²) in [5, 5.41) is 8.52. The Labute approximate surface area is 182 Å². The zero-order valence-corrected chi connectivity index (χ0v) is 18.2. The Bertz CT molecular complexity index is 1050. The van der Waals surface area contributed by atoms with E-state index in [2.05, 4.69) is 14.9 Å². The first kappa shape index (κ1) is 21.9. The Kier molecular flexibility index (Phi) is 6.48. The third kappa shape index (κ3) is 5.01. The highest BCUT2D eigenvalue weighted by atomic mass is 35.5. The highest BCUT2D eigenvalue weighted by molar-refractivity contribution is 7.03. The Morgan fingerprint density at radius 2 is 1.90 bits per heavy atom. The standard InChI is InChI=1S/C21H20ClFN4O2S/c1-21(2,3)24-19(28)18(15-9-4-5-10-16(15)23)27(14-8-6-7-13(22)11-14)20(29)17-12-30-26-25-17/h4-12,18H,1-3H3,(H,24,28). The number of anilines is 1. The molecule has 30 heavy (non-hydrogen) atoms. The second-order valence-corrected chi connectivity index (χ2v) is 8.65. The van der Waals surface area contributed by atoms with Crippen molar-refractivity contribution in [3.05, 3.63) is 76.0 Å². The lowest BCUT2D eigenvalue weighted by Crippen LogP contribution is -2.49. The van der Waals surface area contributed by atoms with E-state index in [-0.39, 0.29) is 11.3 Å². The smallest absolute Gasteiger partial charge is 0.280 e. The van der Waals surface area contributed by atoms with Gasteiger partial charge in [-0.05, 0) is 56.6 Å². The second-order valence-electron chi connectivity index (χ2n) is 7.61. The number of halogens is 2. The van der Waals surface area contributed by atoms with Crippen molar-refractivity contribution in [3.8, 4) is 0 Å². The number of carbonyl (C=O) groups is 2. The molecule has 1 unspecified atom stereocenters. The normalized spacial score (nSPS) is 12.3. The third-order valence-corrected chi connectivity index (χ3v) is 4.83. The summed E-state index contributed by atoms with van der Waals surface area (Å²) in [6.07, 6.45) is 0. The molecule has 0 aliphatic carbocycles. The van der Waals surface area contributed by atoms with Gasteiger partial charge in [0.15, 0.2) is 5.69 Å². The van der Waals surface area contributed by atoms with Gasteiger partial charge in [0.25, 0.3) is 5.91 Å². The molecule has 1 heterocycles. The molecular formula is C21H20ClFN4O2S. The summed E-state index contributed by atoms with van der Waals surface area (Å²) < 4.78 is 18.6. The average Bonchev–Trinajstić information content (AvgIpc) is 3.19. The van der Waals surface area contributed by atoms with Crippen LogP contribution < -0.4 is 10.2 Å². The number of amides is 2. The first-order chi connectivity index (χ1) is 14.2. The minimum atomic E-state index is -1.29. The van der Waals surface area contributed by atoms with Crippen LogP contribution in [0.2, 0.25) is 5.02 Å². The van der Waals surface area contributed by atoms with E-state index in [0.717, 1.165) is 11.5 Å². The van der Waals surface area contributed by atoms with Gasteiger partial charge < -0.3 is 5.32 Å². The molecule has 1 aromatic heterocycles. The Balaban J connectivity index is 2.21. The fraction of sp³-hybridized carbons (Fsp3) is 0.238. The largest absolute Gasteiger partial charge is 0.349 e. The number of benzene rings is 2. The molecule has 0 bridgehead atoms. The van der Waals surface area contributed by atoms with Gasteiger partial charge >= 0.3 is 0 Å². The maximum atomic E-state index is 14.8. The van der Waals surface area contributed by atoms with Crippen LogP contribution in [0, 0.1) is 5.82 Å². The van der Waals surface area contributed by atoms with Crippen molar-refractivity contribution in [1.82, 2.24) is 14.9 Å². The van der Waals surface area contributed by atoms with Gasteiger partial charge in [-0.15, -0.1) is 5.10 Å². The molecule has 1 N–H and O–H groups in total. The monoisotopic (exact) mass is 446 g/mol. The molecule has 0 saturated carbocycles. The van der Waals surface area contributed by atoms with E-state index in [0.29, 0.717) is 10.7 Å². The number of hydrogen-bond acceptors (Lipinski definition) is 5. The lowest BCUT2D eigenvalue weighted by atomic mass is 10.00. The molecule has 0 fully saturated rings. The highest BCUT2D eigenvalue weighted by Crippen LogP contribution is 2.32. The van der Waals surface area contributed by atoms with Gasteiger partial charge in [-0.2, -0.15) is 0 Å². The number of nitrogens with one attached hydrogen (secondary N) is 1. The summed E-state index contributed by atoms with van der Waals surface area (Å²) in [6.45, 7) is 5.41. The Hall–Kier alpha value is -2.84. The molecule has 0 aliphatic heterocycles. The highest BCUT2D eigenvalue weighted by Gasteiger charge is 2.37. The van der Waals surface area contributed by atoms with Crippen molar-refractivity contribution < 1.29 is 14.0 Å². The Morgan fingerprint density at radius 1 is 1.17 bits per heavy atom. The third-order valence-electron chi connectivity index (χ3n) is 4.09. The van der Waals surface area contributed by atoms with E-state index in [9.17, 15) is 14.0 Å². The lowest BCUT2D eigenvalue weighted by Gasteiger charge is -2.33. The number of carbonyl (C=O) groups excluding carboxylic acids is 2. The molecular weight excluding hydrogens is 427 g/mol. The van der Waals surface area contributed by atoms with Crippen LogP contribution in [0.4, 0.5) is 10.1 Å². The number of aromatic nitrogens is 2. The van der Waals surface area contributed by atoms with Crippen molar-refractivity contribution in [3.63, 3.8) is 0 Å². The SMILES string of the molecule is CC(C)(C)NC(=O)C(c1ccccc1F)N(C(=O)c1csnn1)c1cccc(Cl)c1. The van der Waals surface area contributed by atoms with Gasteiger partial charge in [0.05, 0.1) is 0 Å². The van der Waals surface area contributed by atoms with Crippen LogP contribution in [0.5, 0.6) is 0 Å². The molecule has 0 aliphatic rings. The maximum absolute atomic E-state index is 14.8. The van der Waals surface area contributed by atoms with Crippen molar-refractivity contribution >= 4 is 40.6 Å². The molecule has 9 heteroatoms. The molecule has 6 nitrogen and oxygen atoms in total. The Morgan fingerprint density at radius 3 is 2.50 bits per heavy atom. The molecule has 1 atom stereocenters. The summed E-state index contributed by atoms with van der Waals surface area (Å²) in [6, 6.07) is 11.0. The summed E-state index contributed by atoms with van der Waals surface area (Å²) in [5.41, 5.74) is -0.176. The van der Waals surface area contributed by atoms with E-state index in [1.807, 2.05) is 0 Å². The topological polar surface area (TPSA) is 75.2 Å². The van der Waals surface area contributed by atoms with Gasteiger partial charge in [0.1, 0.15) is 11.9 Å². The first-order valence-electron chi connectivity index (χ1n) is 9.10. The van der Waals surface area contributed by atoms with Crippen LogP contribution in [0.15, 0.2) is 53.9 Å². The zero-order chi connectivity index (χ0) is 21.9. The van der Waals surface area contributed by atoms with Gasteiger partial charge in [-0.1, -0.05) is 40.4 Å². The van der Waals surface area contributed by atoms with Crippen LogP contribution in [0.25, 0.3) is 0 Å². The lowest BCUT2D eigenvalue weighted by molar-refractivity contribution is -0.124. The van der Waals surface area contributed by atoms with Crippen molar-refractivity contribution in [2.45, 2.75) is 32.4 Å². The molecule has 3 aromatic rings. The van der Waals surface area contributed by atoms with E-state index in [1.54, 1.807) is 45.0 Å². The summed E-state index contributed by atoms with van der Waals surface area (Å²) >= 11 is 7.15. The number of rotatable bonds is 5. The number of hydrogen-bond donors (Lipinski definition) is 1. The summed E-state index contributed by atoms with van der Waals surface area (Å²) in [5.74, 6) is -1.74. The van der Waals surface area contributed by atoms with Gasteiger partial charge in [0, 0.05) is 27.2 Å². The maximum Gasteiger partial charge on any atom is 0.280 e. The van der Waals surface area contributed by atoms with E-state index in [1.165, 1.54) is 34.5 Å².